The average molecular weight is 277 g/mol. The van der Waals surface area contributed by atoms with E-state index in [0.717, 1.165) is 5.56 Å². The van der Waals surface area contributed by atoms with Crippen molar-refractivity contribution >= 4 is 17.6 Å². The lowest BCUT2D eigenvalue weighted by molar-refractivity contribution is -0.124. The number of hydrogen-bond acceptors (Lipinski definition) is 2. The number of urea groups is 1. The summed E-state index contributed by atoms with van der Waals surface area (Å²) in [5, 5.41) is 8.00. The highest BCUT2D eigenvalue weighted by Crippen LogP contribution is 2.19. The maximum Gasteiger partial charge on any atom is 0.319 e. The van der Waals surface area contributed by atoms with Gasteiger partial charge >= 0.3 is 6.03 Å². The first-order valence-corrected chi connectivity index (χ1v) is 6.60. The van der Waals surface area contributed by atoms with Gasteiger partial charge < -0.3 is 16.0 Å². The van der Waals surface area contributed by atoms with Gasteiger partial charge in [-0.3, -0.25) is 4.79 Å². The van der Waals surface area contributed by atoms with Crippen molar-refractivity contribution < 1.29 is 9.59 Å². The Kier molecular flexibility index (Phi) is 5.13. The summed E-state index contributed by atoms with van der Waals surface area (Å²) in [5.41, 5.74) is 1.44. The normalized spacial score (nSPS) is 12.4. The van der Waals surface area contributed by atoms with Crippen molar-refractivity contribution in [2.24, 2.45) is 5.41 Å². The van der Waals surface area contributed by atoms with Crippen LogP contribution in [0.2, 0.25) is 0 Å². The van der Waals surface area contributed by atoms with E-state index in [4.69, 9.17) is 0 Å². The molecule has 1 rings (SSSR count). The topological polar surface area (TPSA) is 70.2 Å². The molecule has 0 spiro atoms. The zero-order chi connectivity index (χ0) is 15.3. The van der Waals surface area contributed by atoms with E-state index in [0.29, 0.717) is 5.69 Å². The van der Waals surface area contributed by atoms with Crippen LogP contribution in [0.3, 0.4) is 0 Å². The van der Waals surface area contributed by atoms with E-state index in [1.807, 2.05) is 52.0 Å². The number of hydrogen-bond donors (Lipinski definition) is 3. The molecule has 0 fully saturated rings. The van der Waals surface area contributed by atoms with Gasteiger partial charge in [0.2, 0.25) is 5.91 Å². The quantitative estimate of drug-likeness (QED) is 0.793. The molecule has 5 nitrogen and oxygen atoms in total. The van der Waals surface area contributed by atoms with Crippen LogP contribution in [0.4, 0.5) is 10.5 Å². The average Bonchev–Trinajstić information content (AvgIpc) is 2.36. The monoisotopic (exact) mass is 277 g/mol. The van der Waals surface area contributed by atoms with E-state index in [1.54, 1.807) is 7.05 Å². The highest BCUT2D eigenvalue weighted by atomic mass is 16.2. The Morgan fingerprint density at radius 2 is 1.65 bits per heavy atom. The van der Waals surface area contributed by atoms with Crippen LogP contribution in [0.15, 0.2) is 24.3 Å². The molecule has 0 saturated carbocycles. The van der Waals surface area contributed by atoms with Crippen molar-refractivity contribution in [2.45, 2.75) is 33.7 Å². The number of anilines is 1. The molecular formula is C15H23N3O2. The van der Waals surface area contributed by atoms with E-state index in [2.05, 4.69) is 16.0 Å². The van der Waals surface area contributed by atoms with Crippen LogP contribution in [-0.2, 0) is 4.79 Å². The molecule has 0 aliphatic heterocycles. The Morgan fingerprint density at radius 3 is 2.10 bits per heavy atom. The minimum Gasteiger partial charge on any atom is -0.357 e. The number of aryl methyl sites for hydroxylation is 1. The SMILES string of the molecule is CNC(=O)[C@H](NC(=O)Nc1ccc(C)cc1)C(C)(C)C. The second-order valence-corrected chi connectivity index (χ2v) is 5.88. The predicted octanol–water partition coefficient (Wildman–Crippen LogP) is 2.28. The Balaban J connectivity index is 2.72. The number of likely N-dealkylation sites (N-methyl/N-ethyl adjacent to an activating group) is 1. The molecule has 1 atom stereocenters. The molecule has 3 N–H and O–H groups in total. The lowest BCUT2D eigenvalue weighted by Gasteiger charge is -2.29. The molecule has 3 amide bonds. The molecule has 110 valence electrons. The number of rotatable bonds is 3. The summed E-state index contributed by atoms with van der Waals surface area (Å²) in [5.74, 6) is -0.212. The summed E-state index contributed by atoms with van der Waals surface area (Å²) in [6.07, 6.45) is 0. The molecular weight excluding hydrogens is 254 g/mol. The fourth-order valence-corrected chi connectivity index (χ4v) is 1.75. The van der Waals surface area contributed by atoms with Crippen molar-refractivity contribution in [3.63, 3.8) is 0 Å². The van der Waals surface area contributed by atoms with E-state index in [-0.39, 0.29) is 11.3 Å². The zero-order valence-corrected chi connectivity index (χ0v) is 12.7. The number of carbonyl (C=O) groups is 2. The molecule has 0 heterocycles. The van der Waals surface area contributed by atoms with Gasteiger partial charge in [-0.15, -0.1) is 0 Å². The van der Waals surface area contributed by atoms with E-state index in [9.17, 15) is 9.59 Å². The van der Waals surface area contributed by atoms with Crippen molar-refractivity contribution in [1.82, 2.24) is 10.6 Å². The molecule has 1 aromatic rings. The third kappa shape index (κ3) is 4.57. The van der Waals surface area contributed by atoms with Crippen LogP contribution in [0.5, 0.6) is 0 Å². The van der Waals surface area contributed by atoms with Crippen molar-refractivity contribution in [2.75, 3.05) is 12.4 Å². The van der Waals surface area contributed by atoms with Gasteiger partial charge in [-0.1, -0.05) is 38.5 Å². The summed E-state index contributed by atoms with van der Waals surface area (Å²) < 4.78 is 0. The fraction of sp³-hybridized carbons (Fsp3) is 0.467. The third-order valence-electron chi connectivity index (χ3n) is 2.96. The number of amides is 3. The Labute approximate surface area is 120 Å². The lowest BCUT2D eigenvalue weighted by Crippen LogP contribution is -2.53. The van der Waals surface area contributed by atoms with Crippen LogP contribution in [0.25, 0.3) is 0 Å². The van der Waals surface area contributed by atoms with Crippen LogP contribution in [0, 0.1) is 12.3 Å². The van der Waals surface area contributed by atoms with Gasteiger partial charge in [-0.2, -0.15) is 0 Å². The van der Waals surface area contributed by atoms with E-state index in [1.165, 1.54) is 0 Å². The summed E-state index contributed by atoms with van der Waals surface area (Å²) in [7, 11) is 1.56. The molecule has 0 aliphatic rings. The van der Waals surface area contributed by atoms with Gasteiger partial charge in [0.05, 0.1) is 0 Å². The number of carbonyl (C=O) groups excluding carboxylic acids is 2. The van der Waals surface area contributed by atoms with E-state index >= 15 is 0 Å². The molecule has 0 aliphatic carbocycles. The van der Waals surface area contributed by atoms with Gasteiger partial charge in [0.25, 0.3) is 0 Å². The third-order valence-corrected chi connectivity index (χ3v) is 2.96. The van der Waals surface area contributed by atoms with Crippen LogP contribution in [0.1, 0.15) is 26.3 Å². The Hall–Kier alpha value is -2.04. The second kappa shape index (κ2) is 6.41. The van der Waals surface area contributed by atoms with Crippen molar-refractivity contribution in [3.05, 3.63) is 29.8 Å². The summed E-state index contributed by atoms with van der Waals surface area (Å²) in [4.78, 5) is 23.8. The first-order chi connectivity index (χ1) is 9.24. The van der Waals surface area contributed by atoms with Gasteiger partial charge in [-0.05, 0) is 24.5 Å². The van der Waals surface area contributed by atoms with Gasteiger partial charge in [-0.25, -0.2) is 4.79 Å². The number of benzene rings is 1. The molecule has 0 bridgehead atoms. The molecule has 0 unspecified atom stereocenters. The smallest absolute Gasteiger partial charge is 0.319 e. The minimum atomic E-state index is -0.599. The largest absolute Gasteiger partial charge is 0.357 e. The predicted molar refractivity (Wildman–Crippen MR) is 80.6 cm³/mol. The molecule has 1 aromatic carbocycles. The van der Waals surface area contributed by atoms with Gasteiger partial charge in [0.1, 0.15) is 6.04 Å². The van der Waals surface area contributed by atoms with Gasteiger partial charge in [0.15, 0.2) is 0 Å². The van der Waals surface area contributed by atoms with Crippen LogP contribution >= 0.6 is 0 Å². The van der Waals surface area contributed by atoms with Crippen molar-refractivity contribution in [3.8, 4) is 0 Å². The molecule has 5 heteroatoms. The summed E-state index contributed by atoms with van der Waals surface area (Å²) in [6.45, 7) is 7.68. The summed E-state index contributed by atoms with van der Waals surface area (Å²) >= 11 is 0. The highest BCUT2D eigenvalue weighted by molar-refractivity contribution is 5.94. The number of nitrogens with one attached hydrogen (secondary N) is 3. The molecule has 0 radical (unpaired) electrons. The zero-order valence-electron chi connectivity index (χ0n) is 12.7. The maximum atomic E-state index is 12.0. The standard InChI is InChI=1S/C15H23N3O2/c1-10-6-8-11(9-7-10)17-14(20)18-12(13(19)16-5)15(2,3)4/h6-9,12H,1-5H3,(H,16,19)(H2,17,18,20)/t12-/m0/s1. The molecule has 0 saturated heterocycles. The highest BCUT2D eigenvalue weighted by Gasteiger charge is 2.32. The lowest BCUT2D eigenvalue weighted by atomic mass is 9.86. The Morgan fingerprint density at radius 1 is 1.10 bits per heavy atom. The maximum absolute atomic E-state index is 12.0. The Bertz CT molecular complexity index is 475. The summed E-state index contributed by atoms with van der Waals surface area (Å²) in [6, 6.07) is 6.47. The van der Waals surface area contributed by atoms with E-state index < -0.39 is 12.1 Å². The minimum absolute atomic E-state index is 0.212. The fourth-order valence-electron chi connectivity index (χ4n) is 1.75. The van der Waals surface area contributed by atoms with Crippen molar-refractivity contribution in [1.29, 1.82) is 0 Å². The molecule has 0 aromatic heterocycles. The first-order valence-electron chi connectivity index (χ1n) is 6.60. The van der Waals surface area contributed by atoms with Gasteiger partial charge in [0, 0.05) is 12.7 Å². The van der Waals surface area contributed by atoms with Crippen LogP contribution < -0.4 is 16.0 Å². The molecule has 20 heavy (non-hydrogen) atoms. The first kappa shape index (κ1) is 16.0. The van der Waals surface area contributed by atoms with Crippen LogP contribution in [-0.4, -0.2) is 25.0 Å². The second-order valence-electron chi connectivity index (χ2n) is 5.88.